The molecule has 1 aromatic carbocycles. The number of amides is 1. The number of nitrogens with zero attached hydrogens (tertiary/aromatic N) is 2. The first-order chi connectivity index (χ1) is 12.8. The average Bonchev–Trinajstić information content (AvgIpc) is 3.08. The first kappa shape index (κ1) is 20.4. The van der Waals surface area contributed by atoms with Crippen molar-refractivity contribution in [3.8, 4) is 0 Å². The summed E-state index contributed by atoms with van der Waals surface area (Å²) in [6.07, 6.45) is 0.579. The number of ketones is 1. The van der Waals surface area contributed by atoms with Crippen LogP contribution in [0.2, 0.25) is 0 Å². The van der Waals surface area contributed by atoms with Crippen LogP contribution in [-0.4, -0.2) is 33.5 Å². The Labute approximate surface area is 158 Å². The van der Waals surface area contributed by atoms with Crippen molar-refractivity contribution in [2.45, 2.75) is 52.7 Å². The third-order valence-corrected chi connectivity index (χ3v) is 4.02. The number of hydrogen-bond acceptors (Lipinski definition) is 5. The minimum absolute atomic E-state index is 0.0380. The Morgan fingerprint density at radius 2 is 1.74 bits per heavy atom. The van der Waals surface area contributed by atoms with Crippen molar-refractivity contribution in [1.29, 1.82) is 0 Å². The Balaban J connectivity index is 1.82. The highest BCUT2D eigenvalue weighted by atomic mass is 16.5. The zero-order valence-corrected chi connectivity index (χ0v) is 16.1. The summed E-state index contributed by atoms with van der Waals surface area (Å²) >= 11 is 0. The second kappa shape index (κ2) is 9.12. The molecule has 2 aromatic rings. The molecule has 1 atom stereocenters. The molecule has 0 aliphatic heterocycles. The summed E-state index contributed by atoms with van der Waals surface area (Å²) in [6, 6.07) is 8.92. The quantitative estimate of drug-likeness (QED) is 0.568. The molecule has 1 amide bonds. The van der Waals surface area contributed by atoms with Crippen LogP contribution in [0.25, 0.3) is 0 Å². The molecule has 2 rings (SSSR count). The van der Waals surface area contributed by atoms with Gasteiger partial charge in [0.15, 0.2) is 11.9 Å². The van der Waals surface area contributed by atoms with E-state index in [4.69, 9.17) is 4.74 Å². The molecule has 7 nitrogen and oxygen atoms in total. The van der Waals surface area contributed by atoms with Crippen LogP contribution < -0.4 is 5.32 Å². The van der Waals surface area contributed by atoms with Crippen LogP contribution in [0.15, 0.2) is 36.5 Å². The van der Waals surface area contributed by atoms with Gasteiger partial charge in [-0.15, -0.1) is 0 Å². The molecular formula is C20H25N3O4. The number of carbonyl (C=O) groups is 3. The van der Waals surface area contributed by atoms with Gasteiger partial charge in [-0.25, -0.2) is 4.68 Å². The number of anilines is 1. The van der Waals surface area contributed by atoms with Gasteiger partial charge in [-0.1, -0.05) is 29.8 Å². The number of nitrogens with one attached hydrogen (secondary N) is 1. The molecule has 144 valence electrons. The highest BCUT2D eigenvalue weighted by molar-refractivity contribution is 5.98. The molecule has 0 fully saturated rings. The van der Waals surface area contributed by atoms with Crippen molar-refractivity contribution in [3.63, 3.8) is 0 Å². The summed E-state index contributed by atoms with van der Waals surface area (Å²) in [5, 5.41) is 6.82. The van der Waals surface area contributed by atoms with Crippen molar-refractivity contribution >= 4 is 23.5 Å². The zero-order chi connectivity index (χ0) is 20.0. The molecule has 0 bridgehead atoms. The minimum Gasteiger partial charge on any atom is -0.453 e. The third-order valence-electron chi connectivity index (χ3n) is 4.02. The molecule has 0 unspecified atom stereocenters. The van der Waals surface area contributed by atoms with Crippen molar-refractivity contribution in [2.75, 3.05) is 5.32 Å². The van der Waals surface area contributed by atoms with Gasteiger partial charge in [-0.05, 0) is 27.7 Å². The predicted octanol–water partition coefficient (Wildman–Crippen LogP) is 3.31. The fourth-order valence-electron chi connectivity index (χ4n) is 2.46. The zero-order valence-electron chi connectivity index (χ0n) is 16.1. The number of ether oxygens (including phenoxy) is 1. The summed E-state index contributed by atoms with van der Waals surface area (Å²) < 4.78 is 6.79. The predicted molar refractivity (Wildman–Crippen MR) is 102 cm³/mol. The van der Waals surface area contributed by atoms with Crippen LogP contribution in [0.4, 0.5) is 5.82 Å². The lowest BCUT2D eigenvalue weighted by molar-refractivity contribution is -0.153. The fraction of sp³-hybridized carbons (Fsp3) is 0.400. The molecule has 1 N–H and O–H groups in total. The second-order valence-corrected chi connectivity index (χ2v) is 6.67. The summed E-state index contributed by atoms with van der Waals surface area (Å²) in [5.41, 5.74) is 1.62. The molecule has 0 aliphatic carbocycles. The van der Waals surface area contributed by atoms with Crippen LogP contribution in [-0.2, 0) is 14.3 Å². The van der Waals surface area contributed by atoms with Crippen LogP contribution in [0, 0.1) is 6.92 Å². The highest BCUT2D eigenvalue weighted by Gasteiger charge is 2.20. The Kier molecular flexibility index (Phi) is 6.87. The Hall–Kier alpha value is -2.96. The Morgan fingerprint density at radius 1 is 1.07 bits per heavy atom. The maximum atomic E-state index is 12.2. The maximum absolute atomic E-state index is 12.2. The van der Waals surface area contributed by atoms with Gasteiger partial charge < -0.3 is 10.1 Å². The monoisotopic (exact) mass is 371 g/mol. The summed E-state index contributed by atoms with van der Waals surface area (Å²) in [7, 11) is 0. The van der Waals surface area contributed by atoms with E-state index < -0.39 is 18.0 Å². The number of carbonyl (C=O) groups excluding carboxylic acids is 3. The van der Waals surface area contributed by atoms with Gasteiger partial charge >= 0.3 is 5.97 Å². The lowest BCUT2D eigenvalue weighted by Gasteiger charge is -2.15. The van der Waals surface area contributed by atoms with E-state index in [1.54, 1.807) is 29.1 Å². The topological polar surface area (TPSA) is 90.3 Å². The first-order valence-corrected chi connectivity index (χ1v) is 8.91. The van der Waals surface area contributed by atoms with E-state index in [1.807, 2.05) is 32.9 Å². The molecular weight excluding hydrogens is 346 g/mol. The summed E-state index contributed by atoms with van der Waals surface area (Å²) in [6.45, 7) is 7.31. The van der Waals surface area contributed by atoms with E-state index in [2.05, 4.69) is 10.4 Å². The fourth-order valence-corrected chi connectivity index (χ4v) is 2.46. The van der Waals surface area contributed by atoms with E-state index >= 15 is 0 Å². The highest BCUT2D eigenvalue weighted by Crippen LogP contribution is 2.14. The number of Topliss-reactive ketones (excluding diaryl/α,β-unsaturated/α-hetero) is 1. The van der Waals surface area contributed by atoms with Gasteiger partial charge in [0.05, 0.1) is 12.6 Å². The standard InChI is InChI=1S/C20H25N3O4/c1-13(2)23-18(11-12-21-23)22-20(26)15(4)27-19(25)10-9-17(24)16-7-5-14(3)6-8-16/h5-8,11-13,15H,9-10H2,1-4H3,(H,22,26)/t15-/m0/s1. The van der Waals surface area contributed by atoms with Crippen LogP contribution >= 0.6 is 0 Å². The van der Waals surface area contributed by atoms with Gasteiger partial charge in [0.1, 0.15) is 5.82 Å². The molecule has 27 heavy (non-hydrogen) atoms. The largest absolute Gasteiger partial charge is 0.453 e. The Bertz CT molecular complexity index is 809. The molecule has 1 heterocycles. The first-order valence-electron chi connectivity index (χ1n) is 8.91. The van der Waals surface area contributed by atoms with E-state index in [9.17, 15) is 14.4 Å². The lowest BCUT2D eigenvalue weighted by atomic mass is 10.1. The number of aryl methyl sites for hydroxylation is 1. The van der Waals surface area contributed by atoms with E-state index in [0.29, 0.717) is 11.4 Å². The van der Waals surface area contributed by atoms with Crippen molar-refractivity contribution in [1.82, 2.24) is 9.78 Å². The number of hydrogen-bond donors (Lipinski definition) is 1. The smallest absolute Gasteiger partial charge is 0.307 e. The average molecular weight is 371 g/mol. The van der Waals surface area contributed by atoms with E-state index in [-0.39, 0.29) is 24.7 Å². The second-order valence-electron chi connectivity index (χ2n) is 6.67. The normalized spacial score (nSPS) is 11.9. The van der Waals surface area contributed by atoms with Crippen LogP contribution in [0.1, 0.15) is 55.6 Å². The maximum Gasteiger partial charge on any atom is 0.307 e. The molecule has 0 aliphatic rings. The van der Waals surface area contributed by atoms with Gasteiger partial charge in [0.25, 0.3) is 5.91 Å². The minimum atomic E-state index is -0.970. The van der Waals surface area contributed by atoms with Crippen molar-refractivity contribution < 1.29 is 19.1 Å². The summed E-state index contributed by atoms with van der Waals surface area (Å²) in [4.78, 5) is 36.3. The van der Waals surface area contributed by atoms with Crippen LogP contribution in [0.5, 0.6) is 0 Å². The molecule has 0 spiro atoms. The number of aromatic nitrogens is 2. The van der Waals surface area contributed by atoms with Crippen molar-refractivity contribution in [3.05, 3.63) is 47.7 Å². The van der Waals surface area contributed by atoms with Gasteiger partial charge in [0.2, 0.25) is 0 Å². The SMILES string of the molecule is Cc1ccc(C(=O)CCC(=O)O[C@@H](C)C(=O)Nc2ccnn2C(C)C)cc1. The van der Waals surface area contributed by atoms with Crippen molar-refractivity contribution in [2.24, 2.45) is 0 Å². The molecule has 1 aromatic heterocycles. The molecule has 0 radical (unpaired) electrons. The number of esters is 1. The molecule has 7 heteroatoms. The Morgan fingerprint density at radius 3 is 2.37 bits per heavy atom. The van der Waals surface area contributed by atoms with E-state index in [1.165, 1.54) is 6.92 Å². The van der Waals surface area contributed by atoms with Crippen LogP contribution in [0.3, 0.4) is 0 Å². The third kappa shape index (κ3) is 5.77. The van der Waals surface area contributed by atoms with Gasteiger partial charge in [0, 0.05) is 24.1 Å². The molecule has 0 saturated heterocycles. The lowest BCUT2D eigenvalue weighted by Crippen LogP contribution is -2.31. The summed E-state index contributed by atoms with van der Waals surface area (Å²) in [5.74, 6) is -0.636. The van der Waals surface area contributed by atoms with Gasteiger partial charge in [-0.2, -0.15) is 5.10 Å². The number of benzene rings is 1. The number of rotatable bonds is 8. The van der Waals surface area contributed by atoms with E-state index in [0.717, 1.165) is 5.56 Å². The molecule has 0 saturated carbocycles. The van der Waals surface area contributed by atoms with Gasteiger partial charge in [-0.3, -0.25) is 14.4 Å².